The molecule has 0 amide bonds. The molecule has 0 aromatic rings. The van der Waals surface area contributed by atoms with Gasteiger partial charge in [0.2, 0.25) is 0 Å². The van der Waals surface area contributed by atoms with Crippen LogP contribution in [0.3, 0.4) is 0 Å². The molecule has 4 rings (SSSR count). The smallest absolute Gasteiger partial charge is 0.133 e. The first-order valence-corrected chi connectivity index (χ1v) is 13.5. The lowest BCUT2D eigenvalue weighted by molar-refractivity contribution is -0.165. The van der Waals surface area contributed by atoms with Crippen molar-refractivity contribution in [2.45, 2.75) is 105 Å². The number of allylic oxidation sites excluding steroid dienone is 2. The highest BCUT2D eigenvalue weighted by Gasteiger charge is 2.62. The van der Waals surface area contributed by atoms with Gasteiger partial charge in [-0.1, -0.05) is 53.7 Å². The molecule has 4 saturated carbocycles. The summed E-state index contributed by atoms with van der Waals surface area (Å²) in [4.78, 5) is 12.2. The van der Waals surface area contributed by atoms with Crippen LogP contribution in [0.15, 0.2) is 12.2 Å². The Hall–Kier alpha value is -0.630. The number of rotatable bonds is 5. The number of carbonyl (C=O) groups excluding carboxylic acids is 1. The van der Waals surface area contributed by atoms with Crippen molar-refractivity contribution in [3.63, 3.8) is 0 Å². The second-order valence-electron chi connectivity index (χ2n) is 12.8. The number of aliphatic hydroxyl groups is 1. The van der Waals surface area contributed by atoms with Gasteiger partial charge < -0.3 is 5.11 Å². The van der Waals surface area contributed by atoms with Gasteiger partial charge in [-0.3, -0.25) is 4.79 Å². The number of hydrogen-bond acceptors (Lipinski definition) is 2. The van der Waals surface area contributed by atoms with Gasteiger partial charge in [-0.15, -0.1) is 0 Å². The minimum atomic E-state index is -0.273. The molecule has 4 aliphatic rings. The van der Waals surface area contributed by atoms with Crippen molar-refractivity contribution in [2.75, 3.05) is 0 Å². The largest absolute Gasteiger partial charge is 0.393 e. The van der Waals surface area contributed by atoms with Crippen LogP contribution in [0.1, 0.15) is 99.3 Å². The minimum Gasteiger partial charge on any atom is -0.393 e. The summed E-state index contributed by atoms with van der Waals surface area (Å²) in [6.07, 6.45) is 14.7. The topological polar surface area (TPSA) is 37.3 Å². The van der Waals surface area contributed by atoms with Gasteiger partial charge in [0, 0.05) is 12.8 Å². The molecule has 0 bridgehead atoms. The molecule has 31 heavy (non-hydrogen) atoms. The van der Waals surface area contributed by atoms with Crippen LogP contribution in [0.25, 0.3) is 0 Å². The zero-order valence-corrected chi connectivity index (χ0v) is 21.1. The number of Topliss-reactive ketones (excluding diaryl/α,β-unsaturated/α-hetero) is 1. The number of hydrogen-bond donors (Lipinski definition) is 1. The first-order valence-electron chi connectivity index (χ1n) is 13.5. The molecule has 0 aromatic carbocycles. The summed E-state index contributed by atoms with van der Waals surface area (Å²) in [6.45, 7) is 14.5. The molecule has 176 valence electrons. The lowest BCUT2D eigenvalue weighted by Crippen LogP contribution is -2.58. The standard InChI is InChI=1S/C29H48O2/c1-7-20(18(2)3)9-8-19(4)23-10-11-24-22-17-27(31)26-16-21(30)12-14-29(26,6)25(22)13-15-28(23,24)5/h8-9,18-20,22-27,31H,7,10-17H2,1-6H3/b9-8+/t19-,20-,22+,23-,24+,25+,26-,27-,28-,29-/m1/s1. The van der Waals surface area contributed by atoms with Crippen molar-refractivity contribution in [1.82, 2.24) is 0 Å². The molecule has 4 aliphatic carbocycles. The first-order chi connectivity index (χ1) is 14.6. The summed E-state index contributed by atoms with van der Waals surface area (Å²) in [7, 11) is 0. The van der Waals surface area contributed by atoms with E-state index in [4.69, 9.17) is 0 Å². The molecule has 0 heterocycles. The second kappa shape index (κ2) is 8.62. The molecule has 0 radical (unpaired) electrons. The molecule has 0 aliphatic heterocycles. The summed E-state index contributed by atoms with van der Waals surface area (Å²) in [5.74, 6) is 5.54. The molecule has 0 unspecified atom stereocenters. The Morgan fingerprint density at radius 2 is 1.71 bits per heavy atom. The molecule has 4 fully saturated rings. The van der Waals surface area contributed by atoms with Crippen molar-refractivity contribution in [3.8, 4) is 0 Å². The third kappa shape index (κ3) is 3.87. The third-order valence-electron chi connectivity index (χ3n) is 11.2. The van der Waals surface area contributed by atoms with Gasteiger partial charge in [0.15, 0.2) is 0 Å². The van der Waals surface area contributed by atoms with Crippen LogP contribution in [0.2, 0.25) is 0 Å². The van der Waals surface area contributed by atoms with E-state index in [0.717, 1.165) is 37.0 Å². The Kier molecular flexibility index (Phi) is 6.54. The number of aliphatic hydroxyl groups excluding tert-OH is 1. The molecule has 0 saturated heterocycles. The van der Waals surface area contributed by atoms with E-state index in [9.17, 15) is 9.90 Å². The van der Waals surface area contributed by atoms with Crippen molar-refractivity contribution < 1.29 is 9.90 Å². The highest BCUT2D eigenvalue weighted by atomic mass is 16.3. The molecule has 0 spiro atoms. The first kappa shape index (κ1) is 23.5. The fourth-order valence-corrected chi connectivity index (χ4v) is 9.27. The van der Waals surface area contributed by atoms with E-state index < -0.39 is 0 Å². The van der Waals surface area contributed by atoms with Gasteiger partial charge in [-0.05, 0) is 103 Å². The van der Waals surface area contributed by atoms with Gasteiger partial charge in [0.1, 0.15) is 5.78 Å². The molecule has 0 aromatic heterocycles. The van der Waals surface area contributed by atoms with E-state index in [-0.39, 0.29) is 17.4 Å². The molecule has 2 nitrogen and oxygen atoms in total. The van der Waals surface area contributed by atoms with Gasteiger partial charge in [0.05, 0.1) is 6.10 Å². The van der Waals surface area contributed by atoms with Gasteiger partial charge in [0.25, 0.3) is 0 Å². The fourth-order valence-electron chi connectivity index (χ4n) is 9.27. The van der Waals surface area contributed by atoms with Gasteiger partial charge >= 0.3 is 0 Å². The van der Waals surface area contributed by atoms with E-state index in [1.165, 1.54) is 32.1 Å². The second-order valence-corrected chi connectivity index (χ2v) is 12.8. The molecular formula is C29H48O2. The zero-order chi connectivity index (χ0) is 22.6. The van der Waals surface area contributed by atoms with Crippen LogP contribution < -0.4 is 0 Å². The Bertz CT molecular complexity index is 695. The summed E-state index contributed by atoms with van der Waals surface area (Å²) in [5, 5.41) is 11.2. The highest BCUT2D eigenvalue weighted by Crippen LogP contribution is 2.68. The molecule has 2 heteroatoms. The Labute approximate surface area is 191 Å². The normalized spacial score (nSPS) is 47.2. The van der Waals surface area contributed by atoms with E-state index in [1.807, 2.05) is 0 Å². The van der Waals surface area contributed by atoms with Gasteiger partial charge in [-0.25, -0.2) is 0 Å². The SMILES string of the molecule is CC[C@H](/C=C/[C@@H](C)[C@H]1CC[C@H]2[C@@H]3C[C@@H](O)[C@H]4CC(=O)CC[C@]4(C)[C@H]3CC[C@]12C)C(C)C. The molecular weight excluding hydrogens is 380 g/mol. The van der Waals surface area contributed by atoms with Crippen molar-refractivity contribution >= 4 is 5.78 Å². The number of ketones is 1. The fraction of sp³-hybridized carbons (Fsp3) is 0.897. The average Bonchev–Trinajstić information content (AvgIpc) is 3.07. The predicted molar refractivity (Wildman–Crippen MR) is 129 cm³/mol. The summed E-state index contributed by atoms with van der Waals surface area (Å²) >= 11 is 0. The highest BCUT2D eigenvalue weighted by molar-refractivity contribution is 5.79. The maximum Gasteiger partial charge on any atom is 0.133 e. The third-order valence-corrected chi connectivity index (χ3v) is 11.2. The summed E-state index contributed by atoms with van der Waals surface area (Å²) in [6, 6.07) is 0. The van der Waals surface area contributed by atoms with E-state index in [0.29, 0.717) is 41.3 Å². The summed E-state index contributed by atoms with van der Waals surface area (Å²) < 4.78 is 0. The van der Waals surface area contributed by atoms with Crippen LogP contribution in [0, 0.1) is 58.2 Å². The monoisotopic (exact) mass is 428 g/mol. The maximum absolute atomic E-state index is 12.2. The quantitative estimate of drug-likeness (QED) is 0.476. The van der Waals surface area contributed by atoms with E-state index in [1.54, 1.807) is 0 Å². The van der Waals surface area contributed by atoms with Crippen LogP contribution in [0.4, 0.5) is 0 Å². The van der Waals surface area contributed by atoms with E-state index in [2.05, 4.69) is 53.7 Å². The van der Waals surface area contributed by atoms with Crippen molar-refractivity contribution in [1.29, 1.82) is 0 Å². The van der Waals surface area contributed by atoms with E-state index >= 15 is 0 Å². The predicted octanol–water partition coefficient (Wildman–Crippen LogP) is 7.06. The van der Waals surface area contributed by atoms with Crippen LogP contribution in [0.5, 0.6) is 0 Å². The number of fused-ring (bicyclic) bond motifs is 5. The van der Waals surface area contributed by atoms with Crippen LogP contribution >= 0.6 is 0 Å². The Balaban J connectivity index is 1.53. The van der Waals surface area contributed by atoms with Crippen LogP contribution in [-0.4, -0.2) is 17.0 Å². The lowest BCUT2D eigenvalue weighted by atomic mass is 9.44. The van der Waals surface area contributed by atoms with Crippen LogP contribution in [-0.2, 0) is 4.79 Å². The maximum atomic E-state index is 12.2. The molecule has 1 N–H and O–H groups in total. The molecule has 10 atom stereocenters. The Morgan fingerprint density at radius 1 is 1.00 bits per heavy atom. The zero-order valence-electron chi connectivity index (χ0n) is 21.1. The summed E-state index contributed by atoms with van der Waals surface area (Å²) in [5.41, 5.74) is 0.588. The van der Waals surface area contributed by atoms with Crippen molar-refractivity contribution in [3.05, 3.63) is 12.2 Å². The Morgan fingerprint density at radius 3 is 2.39 bits per heavy atom. The average molecular weight is 429 g/mol. The van der Waals surface area contributed by atoms with Gasteiger partial charge in [-0.2, -0.15) is 0 Å². The van der Waals surface area contributed by atoms with Crippen molar-refractivity contribution in [2.24, 2.45) is 58.2 Å². The lowest BCUT2D eigenvalue weighted by Gasteiger charge is -2.61. The number of carbonyl (C=O) groups is 1. The minimum absolute atomic E-state index is 0.173.